The summed E-state index contributed by atoms with van der Waals surface area (Å²) in [7, 11) is 1.61. The molecule has 5 saturated carbocycles. The fraction of sp³-hybridized carbons (Fsp3) is 0.426. The van der Waals surface area contributed by atoms with Crippen LogP contribution < -0.4 is 24.9 Å². The van der Waals surface area contributed by atoms with Crippen molar-refractivity contribution >= 4 is 75.6 Å². The molecule has 702 valence electrons. The number of nitrogens with one attached hydrogen (secondary N) is 1. The largest absolute Gasteiger partial charge is 0.354 e. The van der Waals surface area contributed by atoms with Crippen LogP contribution in [0.3, 0.4) is 0 Å². The minimum absolute atomic E-state index is 0.119. The van der Waals surface area contributed by atoms with Crippen molar-refractivity contribution < 1.29 is 24.0 Å². The van der Waals surface area contributed by atoms with Gasteiger partial charge in [-0.15, -0.1) is 0 Å². The van der Waals surface area contributed by atoms with E-state index in [1.165, 1.54) is 177 Å². The molecule has 5 fully saturated rings. The third-order valence-corrected chi connectivity index (χ3v) is 30.1. The molecule has 0 spiro atoms. The van der Waals surface area contributed by atoms with Gasteiger partial charge < -0.3 is 62.8 Å². The second-order valence-electron chi connectivity index (χ2n) is 39.7. The number of fused-ring (bicyclic) bond motifs is 8. The minimum atomic E-state index is -0.188. The van der Waals surface area contributed by atoms with Crippen LogP contribution >= 0.6 is 0 Å². The van der Waals surface area contributed by atoms with Gasteiger partial charge in [-0.2, -0.15) is 10.2 Å². The predicted octanol–water partition coefficient (Wildman–Crippen LogP) is 16.9. The van der Waals surface area contributed by atoms with Crippen LogP contribution in [0.4, 0.5) is 46.0 Å². The summed E-state index contributed by atoms with van der Waals surface area (Å²) in [6.45, 7) is 21.2. The number of rotatable bonds is 17. The van der Waals surface area contributed by atoms with Crippen LogP contribution in [0.2, 0.25) is 0 Å². The number of aromatic nitrogens is 15. The van der Waals surface area contributed by atoms with Gasteiger partial charge in [0.15, 0.2) is 23.3 Å². The lowest BCUT2D eigenvalue weighted by molar-refractivity contribution is -0.131. The first-order valence-corrected chi connectivity index (χ1v) is 50.1. The fourth-order valence-corrected chi connectivity index (χ4v) is 21.9. The molecule has 0 radical (unpaired) electrons. The molecule has 1 N–H and O–H groups in total. The van der Waals surface area contributed by atoms with Gasteiger partial charge in [-0.25, -0.2) is 19.9 Å². The standard InChI is InChI=1S/C29H31N7O.C27H30N6O2.C27H32N6O.C25H27N5O/c1-20(37)33-13-14-36-27(19-33)29(32-28(36)21-7-8-21)35-12-4-5-23-15-22(9-10-26(23)35)24-16-31-34(17-24)18-25-6-2-3-11-30-25;1-17(34)31-12-13-33-24(16-31)26(30-25(33)18-5-6-18)32-11-3-4-21-14-19(7-8-23(21)32)20-9-10-29-22(15-20)27(35)28-2;1-18(34)30-11-12-33-25(17-30)27(29-26(33)20-6-7-20)32-10-2-3-22-13-21(8-9-24(22)32)23-14-28-31(16-23)15-19-4-5-19;1-17(31)28-13-14-30-23(16-28)25(27-24(30)19-4-5-19)29-12-2-3-21-15-20(6-7-22(21)29)18-8-10-26-11-9-18/h2-3,6,9-11,15-17,21H,4-5,7-8,12-14,18-19H2,1H3;7-10,14-15,18H,3-6,11-13,16H2,1-2H3,(H,28,35);8-9,13-14,16,19-20H,2-7,10-12,15,17H2,1H3;6-11,15,19H,2-5,12-14,16H2,1H3. The molecule has 137 heavy (non-hydrogen) atoms. The lowest BCUT2D eigenvalue weighted by atomic mass is 9.96. The molecule has 9 aromatic heterocycles. The summed E-state index contributed by atoms with van der Waals surface area (Å²) in [5.41, 5.74) is 25.7. The second kappa shape index (κ2) is 36.7. The number of carbonyl (C=O) groups excluding carboxylic acids is 5. The fourth-order valence-electron chi connectivity index (χ4n) is 21.9. The summed E-state index contributed by atoms with van der Waals surface area (Å²) in [5, 5.41) is 11.8. The van der Waals surface area contributed by atoms with E-state index in [9.17, 15) is 24.0 Å². The number of hydrogen-bond donors (Lipinski definition) is 1. The van der Waals surface area contributed by atoms with Crippen LogP contribution in [-0.2, 0) is 110 Å². The highest BCUT2D eigenvalue weighted by Crippen LogP contribution is 2.51. The van der Waals surface area contributed by atoms with Crippen molar-refractivity contribution in [3.8, 4) is 44.5 Å². The minimum Gasteiger partial charge on any atom is -0.354 e. The maximum atomic E-state index is 12.2. The van der Waals surface area contributed by atoms with Gasteiger partial charge in [-0.1, -0.05) is 30.3 Å². The summed E-state index contributed by atoms with van der Waals surface area (Å²) in [6.07, 6.45) is 36.5. The normalized spacial score (nSPS) is 17.9. The van der Waals surface area contributed by atoms with Gasteiger partial charge in [0.1, 0.15) is 29.0 Å². The van der Waals surface area contributed by atoms with Crippen molar-refractivity contribution in [1.82, 2.24) is 97.6 Å². The Labute approximate surface area is 799 Å². The van der Waals surface area contributed by atoms with E-state index in [0.29, 0.717) is 62.1 Å². The van der Waals surface area contributed by atoms with E-state index in [-0.39, 0.29) is 29.5 Å². The highest BCUT2D eigenvalue weighted by Gasteiger charge is 2.43. The predicted molar refractivity (Wildman–Crippen MR) is 527 cm³/mol. The Hall–Kier alpha value is -13.9. The van der Waals surface area contributed by atoms with Crippen LogP contribution in [-0.4, -0.2) is 181 Å². The first-order valence-electron chi connectivity index (χ1n) is 50.1. The first kappa shape index (κ1) is 87.2. The van der Waals surface area contributed by atoms with Gasteiger partial charge in [0.25, 0.3) is 5.91 Å². The molecule has 5 aliphatic carbocycles. The highest BCUT2D eigenvalue weighted by atomic mass is 16.2. The molecular weight excluding hydrogens is 1710 g/mol. The molecule has 29 heteroatoms. The number of nitrogens with zero attached hydrogens (tertiary/aromatic N) is 23. The molecule has 0 saturated heterocycles. The summed E-state index contributed by atoms with van der Waals surface area (Å²) in [4.78, 5) is 112. The molecule has 17 heterocycles. The van der Waals surface area contributed by atoms with Crippen molar-refractivity contribution in [3.05, 3.63) is 245 Å². The van der Waals surface area contributed by atoms with Crippen LogP contribution in [0.5, 0.6) is 0 Å². The molecule has 4 aromatic carbocycles. The molecule has 8 aliphatic heterocycles. The van der Waals surface area contributed by atoms with Crippen LogP contribution in [0, 0.1) is 5.92 Å². The SMILES string of the molecule is CC(=O)N1CCn2c(C3CC3)nc(N3CCCc4cc(-c5ccncc5)ccc43)c2C1.CC(=O)N1CCn2c(C3CC3)nc(N3CCCc4cc(-c5cnn(CC6CC6)c5)ccc43)c2C1.CC(=O)N1CCn2c(C3CC3)nc(N3CCCc4cc(-c5cnn(Cc6ccccn6)c5)ccc43)c2C1.CNC(=O)c1cc(-c2ccc3c(c2)CCCN3c2nc(C3CC3)n3c2CN(C(C)=O)CC3)ccn1. The van der Waals surface area contributed by atoms with Crippen LogP contribution in [0.15, 0.2) is 165 Å². The molecule has 0 bridgehead atoms. The number of anilines is 8. The zero-order valence-corrected chi connectivity index (χ0v) is 79.3. The van der Waals surface area contributed by atoms with Crippen molar-refractivity contribution in [1.29, 1.82) is 0 Å². The number of benzene rings is 4. The Kier molecular flexibility index (Phi) is 23.3. The highest BCUT2D eigenvalue weighted by molar-refractivity contribution is 5.93. The molecular formula is C108H120N24O5. The summed E-state index contributed by atoms with van der Waals surface area (Å²) in [5.74, 6) is 12.6. The van der Waals surface area contributed by atoms with Crippen molar-refractivity contribution in [2.75, 3.05) is 79.0 Å². The molecule has 0 unspecified atom stereocenters. The number of aryl methyl sites for hydroxylation is 4. The summed E-state index contributed by atoms with van der Waals surface area (Å²) < 4.78 is 13.7. The van der Waals surface area contributed by atoms with E-state index < -0.39 is 0 Å². The second-order valence-corrected chi connectivity index (χ2v) is 39.7. The first-order chi connectivity index (χ1) is 67.0. The van der Waals surface area contributed by atoms with Gasteiger partial charge in [0.05, 0.1) is 73.6 Å². The van der Waals surface area contributed by atoms with Crippen LogP contribution in [0.1, 0.15) is 226 Å². The topological polar surface area (TPSA) is 269 Å². The number of imidazole rings is 4. The Morgan fingerprint density at radius 2 is 0.701 bits per heavy atom. The summed E-state index contributed by atoms with van der Waals surface area (Å²) >= 11 is 0. The van der Waals surface area contributed by atoms with E-state index in [0.717, 1.165) is 194 Å². The van der Waals surface area contributed by atoms with E-state index in [1.807, 2.05) is 85.6 Å². The number of carbonyl (C=O) groups is 5. The van der Waals surface area contributed by atoms with Crippen molar-refractivity contribution in [2.24, 2.45) is 5.92 Å². The van der Waals surface area contributed by atoms with Crippen molar-refractivity contribution in [2.45, 2.75) is 232 Å². The average molecular weight is 1830 g/mol. The molecule has 13 aromatic rings. The number of pyridine rings is 3. The monoisotopic (exact) mass is 1830 g/mol. The average Bonchev–Trinajstić information content (AvgIpc) is 1.57. The van der Waals surface area contributed by atoms with Gasteiger partial charge in [-0.3, -0.25) is 48.3 Å². The van der Waals surface area contributed by atoms with Gasteiger partial charge in [-0.05, 0) is 262 Å². The zero-order valence-electron chi connectivity index (χ0n) is 79.3. The quantitative estimate of drug-likeness (QED) is 0.0887. The van der Waals surface area contributed by atoms with Crippen LogP contribution in [0.25, 0.3) is 44.5 Å². The van der Waals surface area contributed by atoms with Crippen molar-refractivity contribution in [3.63, 3.8) is 0 Å². The van der Waals surface area contributed by atoms with E-state index >= 15 is 0 Å². The molecule has 0 atom stereocenters. The molecule has 29 nitrogen and oxygen atoms in total. The molecule has 26 rings (SSSR count). The third kappa shape index (κ3) is 17.8. The van der Waals surface area contributed by atoms with E-state index in [1.54, 1.807) is 40.9 Å². The van der Waals surface area contributed by atoms with E-state index in [2.05, 4.69) is 170 Å². The lowest BCUT2D eigenvalue weighted by Crippen LogP contribution is -2.38. The Morgan fingerprint density at radius 3 is 1.05 bits per heavy atom. The third-order valence-electron chi connectivity index (χ3n) is 30.1. The maximum Gasteiger partial charge on any atom is 0.269 e. The van der Waals surface area contributed by atoms with Gasteiger partial charge in [0, 0.05) is 215 Å². The Bertz CT molecular complexity index is 6810. The number of hydrogen-bond acceptors (Lipinski definition) is 18. The molecule has 13 aliphatic rings. The van der Waals surface area contributed by atoms with Gasteiger partial charge >= 0.3 is 0 Å². The Morgan fingerprint density at radius 1 is 0.350 bits per heavy atom. The summed E-state index contributed by atoms with van der Waals surface area (Å²) in [6, 6.07) is 40.8. The maximum absolute atomic E-state index is 12.2. The van der Waals surface area contributed by atoms with E-state index in [4.69, 9.17) is 19.9 Å². The molecule has 5 amide bonds. The lowest BCUT2D eigenvalue weighted by Gasteiger charge is -2.33. The zero-order chi connectivity index (χ0) is 92.8. The number of amides is 5. The Balaban J connectivity index is 0.000000103. The van der Waals surface area contributed by atoms with Gasteiger partial charge in [0.2, 0.25) is 23.6 Å². The smallest absolute Gasteiger partial charge is 0.269 e.